The van der Waals surface area contributed by atoms with Gasteiger partial charge in [-0.3, -0.25) is 4.79 Å². The lowest BCUT2D eigenvalue weighted by Gasteiger charge is -2.09. The number of nitrogens with two attached hydrogens (primary N) is 1. The van der Waals surface area contributed by atoms with Crippen LogP contribution in [0.2, 0.25) is 0 Å². The van der Waals surface area contributed by atoms with Gasteiger partial charge in [-0.1, -0.05) is 6.92 Å². The van der Waals surface area contributed by atoms with E-state index in [4.69, 9.17) is 5.73 Å². The van der Waals surface area contributed by atoms with E-state index in [2.05, 4.69) is 10.3 Å². The first kappa shape index (κ1) is 14.3. The van der Waals surface area contributed by atoms with Gasteiger partial charge in [0.05, 0.1) is 0 Å². The lowest BCUT2D eigenvalue weighted by Crippen LogP contribution is -2.32. The Labute approximate surface area is 99.7 Å². The van der Waals surface area contributed by atoms with Crippen LogP contribution in [0, 0.1) is 0 Å². The van der Waals surface area contributed by atoms with Crippen LogP contribution in [-0.4, -0.2) is 16.9 Å². The maximum absolute atomic E-state index is 11.5. The summed E-state index contributed by atoms with van der Waals surface area (Å²) >= 11 is 1.42. The Morgan fingerprint density at radius 1 is 1.73 bits per heavy atom. The molecular weight excluding hydrogens is 234 g/mol. The second kappa shape index (κ2) is 6.76. The van der Waals surface area contributed by atoms with E-state index < -0.39 is 0 Å². The smallest absolute Gasteiger partial charge is 0.270 e. The van der Waals surface area contributed by atoms with Crippen LogP contribution < -0.4 is 11.1 Å². The van der Waals surface area contributed by atoms with Crippen LogP contribution in [0.1, 0.15) is 35.8 Å². The molecule has 0 aliphatic carbocycles. The summed E-state index contributed by atoms with van der Waals surface area (Å²) < 4.78 is 0. The van der Waals surface area contributed by atoms with Crippen molar-refractivity contribution in [2.24, 2.45) is 5.73 Å². The number of halogens is 1. The van der Waals surface area contributed by atoms with Gasteiger partial charge in [0.25, 0.3) is 5.91 Å². The molecule has 86 valence electrons. The summed E-state index contributed by atoms with van der Waals surface area (Å²) in [4.78, 5) is 15.6. The fraction of sp³-hybridized carbons (Fsp3) is 0.556. The Hall–Kier alpha value is -0.650. The second-order valence-corrected chi connectivity index (χ2v) is 4.06. The van der Waals surface area contributed by atoms with Gasteiger partial charge in [-0.2, -0.15) is 0 Å². The van der Waals surface area contributed by atoms with E-state index >= 15 is 0 Å². The molecule has 0 aliphatic heterocycles. The average Bonchev–Trinajstić information content (AvgIpc) is 2.65. The molecule has 0 aromatic carbocycles. The van der Waals surface area contributed by atoms with Gasteiger partial charge in [0.2, 0.25) is 0 Å². The van der Waals surface area contributed by atoms with Crippen molar-refractivity contribution in [1.82, 2.24) is 10.3 Å². The minimum absolute atomic E-state index is 0. The highest BCUT2D eigenvalue weighted by atomic mass is 35.5. The molecule has 1 rings (SSSR count). The van der Waals surface area contributed by atoms with E-state index in [1.165, 1.54) is 11.3 Å². The Morgan fingerprint density at radius 3 is 2.87 bits per heavy atom. The number of nitrogens with one attached hydrogen (secondary N) is 1. The van der Waals surface area contributed by atoms with Gasteiger partial charge in [-0.25, -0.2) is 4.98 Å². The van der Waals surface area contributed by atoms with E-state index in [0.29, 0.717) is 12.2 Å². The van der Waals surface area contributed by atoms with E-state index in [9.17, 15) is 4.79 Å². The third-order valence-corrected chi connectivity index (χ3v) is 2.82. The van der Waals surface area contributed by atoms with Crippen molar-refractivity contribution in [3.63, 3.8) is 0 Å². The molecule has 0 aliphatic rings. The molecule has 4 nitrogen and oxygen atoms in total. The molecule has 1 aromatic rings. The Morgan fingerprint density at radius 2 is 2.40 bits per heavy atom. The highest BCUT2D eigenvalue weighted by Crippen LogP contribution is 2.08. The first-order valence-corrected chi connectivity index (χ1v) is 5.50. The van der Waals surface area contributed by atoms with Crippen LogP contribution in [0.15, 0.2) is 5.38 Å². The predicted molar refractivity (Wildman–Crippen MR) is 64.5 cm³/mol. The molecule has 0 radical (unpaired) electrons. The van der Waals surface area contributed by atoms with Crippen LogP contribution in [0.5, 0.6) is 0 Å². The molecule has 0 bridgehead atoms. The second-order valence-electron chi connectivity index (χ2n) is 3.11. The summed E-state index contributed by atoms with van der Waals surface area (Å²) in [6.45, 7) is 4.38. The summed E-state index contributed by atoms with van der Waals surface area (Å²) in [5.74, 6) is -0.115. The van der Waals surface area contributed by atoms with Crippen molar-refractivity contribution in [3.8, 4) is 0 Å². The van der Waals surface area contributed by atoms with Gasteiger partial charge in [0.1, 0.15) is 10.7 Å². The maximum atomic E-state index is 11.5. The van der Waals surface area contributed by atoms with Crippen LogP contribution in [0.25, 0.3) is 0 Å². The van der Waals surface area contributed by atoms with Crippen molar-refractivity contribution >= 4 is 29.7 Å². The minimum Gasteiger partial charge on any atom is -0.348 e. The number of carbonyl (C=O) groups is 1. The maximum Gasteiger partial charge on any atom is 0.270 e. The van der Waals surface area contributed by atoms with Crippen molar-refractivity contribution in [1.29, 1.82) is 0 Å². The lowest BCUT2D eigenvalue weighted by molar-refractivity contribution is 0.0935. The molecule has 0 saturated heterocycles. The summed E-state index contributed by atoms with van der Waals surface area (Å²) in [5.41, 5.74) is 5.88. The third-order valence-electron chi connectivity index (χ3n) is 1.95. The van der Waals surface area contributed by atoms with Crippen LogP contribution in [-0.2, 0) is 6.54 Å². The quantitative estimate of drug-likeness (QED) is 0.851. The van der Waals surface area contributed by atoms with Crippen molar-refractivity contribution in [3.05, 3.63) is 16.1 Å². The number of aromatic nitrogens is 1. The minimum atomic E-state index is -0.115. The van der Waals surface area contributed by atoms with Crippen molar-refractivity contribution < 1.29 is 4.79 Å². The lowest BCUT2D eigenvalue weighted by atomic mass is 10.2. The van der Waals surface area contributed by atoms with Gasteiger partial charge in [0, 0.05) is 18.0 Å². The monoisotopic (exact) mass is 249 g/mol. The van der Waals surface area contributed by atoms with Gasteiger partial charge >= 0.3 is 0 Å². The zero-order chi connectivity index (χ0) is 10.6. The van der Waals surface area contributed by atoms with Crippen LogP contribution in [0.4, 0.5) is 0 Å². The van der Waals surface area contributed by atoms with E-state index in [-0.39, 0.29) is 24.4 Å². The number of nitrogens with zero attached hydrogens (tertiary/aromatic N) is 1. The number of amides is 1. The summed E-state index contributed by atoms with van der Waals surface area (Å²) in [6, 6.07) is 0.186. The zero-order valence-electron chi connectivity index (χ0n) is 8.82. The molecule has 1 heterocycles. The van der Waals surface area contributed by atoms with E-state index in [1.54, 1.807) is 5.38 Å². The molecule has 1 atom stereocenters. The molecule has 1 amide bonds. The van der Waals surface area contributed by atoms with Gasteiger partial charge < -0.3 is 11.1 Å². The molecule has 6 heteroatoms. The van der Waals surface area contributed by atoms with Crippen molar-refractivity contribution in [2.75, 3.05) is 0 Å². The summed E-state index contributed by atoms with van der Waals surface area (Å²) in [5, 5.41) is 5.37. The largest absolute Gasteiger partial charge is 0.348 e. The van der Waals surface area contributed by atoms with Gasteiger partial charge in [0.15, 0.2) is 0 Å². The molecule has 0 fully saturated rings. The zero-order valence-corrected chi connectivity index (χ0v) is 10.5. The van der Waals surface area contributed by atoms with E-state index in [1.807, 2.05) is 13.8 Å². The van der Waals surface area contributed by atoms with Crippen molar-refractivity contribution in [2.45, 2.75) is 32.9 Å². The Bertz CT molecular complexity index is 316. The topological polar surface area (TPSA) is 68.0 Å². The molecular formula is C9H16ClN3OS. The Kier molecular flexibility index (Phi) is 6.47. The number of hydrogen-bond acceptors (Lipinski definition) is 4. The van der Waals surface area contributed by atoms with Crippen LogP contribution >= 0.6 is 23.7 Å². The number of hydrogen-bond donors (Lipinski definition) is 2. The van der Waals surface area contributed by atoms with Gasteiger partial charge in [-0.05, 0) is 13.3 Å². The normalized spacial score (nSPS) is 11.7. The third kappa shape index (κ3) is 4.15. The first-order valence-electron chi connectivity index (χ1n) is 4.62. The molecule has 0 saturated carbocycles. The van der Waals surface area contributed by atoms with Crippen LogP contribution in [0.3, 0.4) is 0 Å². The molecule has 3 N–H and O–H groups in total. The molecule has 1 unspecified atom stereocenters. The highest BCUT2D eigenvalue weighted by Gasteiger charge is 2.11. The molecule has 0 spiro atoms. The SMILES string of the molecule is CCC(C)NC(=O)c1csc(CN)n1.Cl. The number of carbonyl (C=O) groups excluding carboxylic acids is 1. The fourth-order valence-electron chi connectivity index (χ4n) is 0.909. The highest BCUT2D eigenvalue weighted by molar-refractivity contribution is 7.09. The molecule has 1 aromatic heterocycles. The standard InChI is InChI=1S/C9H15N3OS.ClH/c1-3-6(2)11-9(13)7-5-14-8(4-10)12-7;/h5-6H,3-4,10H2,1-2H3,(H,11,13);1H. The summed E-state index contributed by atoms with van der Waals surface area (Å²) in [6.07, 6.45) is 0.916. The molecule has 15 heavy (non-hydrogen) atoms. The Balaban J connectivity index is 0.00000196. The predicted octanol–water partition coefficient (Wildman–Crippen LogP) is 1.55. The summed E-state index contributed by atoms with van der Waals surface area (Å²) in [7, 11) is 0. The van der Waals surface area contributed by atoms with Gasteiger partial charge in [-0.15, -0.1) is 23.7 Å². The fourth-order valence-corrected chi connectivity index (χ4v) is 1.56. The number of rotatable bonds is 4. The number of thiazole rings is 1. The average molecular weight is 250 g/mol. The van der Waals surface area contributed by atoms with E-state index in [0.717, 1.165) is 11.4 Å². The first-order chi connectivity index (χ1) is 6.67.